The van der Waals surface area contributed by atoms with Crippen LogP contribution in [0, 0.1) is 27.7 Å². The highest BCUT2D eigenvalue weighted by molar-refractivity contribution is 7.99. The summed E-state index contributed by atoms with van der Waals surface area (Å²) >= 11 is 2.96. The van der Waals surface area contributed by atoms with Crippen molar-refractivity contribution in [2.75, 3.05) is 18.2 Å². The Balaban J connectivity index is 1.65. The second-order valence-electron chi connectivity index (χ2n) is 6.87. The van der Waals surface area contributed by atoms with E-state index in [0.717, 1.165) is 31.9 Å². The van der Waals surface area contributed by atoms with Crippen molar-refractivity contribution in [2.24, 2.45) is 0 Å². The molecule has 0 unspecified atom stereocenters. The zero-order chi connectivity index (χ0) is 21.1. The first-order chi connectivity index (χ1) is 13.8. The number of carbonyl (C=O) groups excluding carboxylic acids is 2. The monoisotopic (exact) mass is 428 g/mol. The number of amides is 1. The van der Waals surface area contributed by atoms with E-state index in [-0.39, 0.29) is 5.91 Å². The number of thioether (sulfide) groups is 1. The number of aryl methyl sites for hydroxylation is 3. The minimum atomic E-state index is -0.428. The fourth-order valence-electron chi connectivity index (χ4n) is 3.11. The van der Waals surface area contributed by atoms with Gasteiger partial charge in [-0.3, -0.25) is 4.79 Å². The van der Waals surface area contributed by atoms with E-state index in [4.69, 9.17) is 9.72 Å². The first-order valence-electron chi connectivity index (χ1n) is 9.29. The third-order valence-electron chi connectivity index (χ3n) is 4.83. The standard InChI is InChI=1S/C22H24N2O3S2/c1-12-7-6-8-16-13(2)11-18(24-20(12)16)28-10-9-17(25)23-21-19(22(26)27-5)14(3)15(4)29-21/h6-8,11H,9-10H2,1-5H3,(H,23,25). The van der Waals surface area contributed by atoms with Crippen molar-refractivity contribution in [3.05, 3.63) is 51.4 Å². The molecular formula is C22H24N2O3S2. The number of carbonyl (C=O) groups is 2. The number of thiophene rings is 1. The molecule has 1 amide bonds. The smallest absolute Gasteiger partial charge is 0.341 e. The molecule has 0 radical (unpaired) electrons. The van der Waals surface area contributed by atoms with Crippen molar-refractivity contribution in [1.29, 1.82) is 0 Å². The largest absolute Gasteiger partial charge is 0.465 e. The highest BCUT2D eigenvalue weighted by Crippen LogP contribution is 2.33. The second-order valence-corrected chi connectivity index (χ2v) is 9.21. The van der Waals surface area contributed by atoms with Crippen LogP contribution in [0.15, 0.2) is 29.3 Å². The van der Waals surface area contributed by atoms with Gasteiger partial charge in [-0.1, -0.05) is 18.2 Å². The second kappa shape index (κ2) is 8.97. The molecule has 0 aliphatic heterocycles. The summed E-state index contributed by atoms with van der Waals surface area (Å²) < 4.78 is 4.85. The Morgan fingerprint density at radius 3 is 2.66 bits per heavy atom. The van der Waals surface area contributed by atoms with Gasteiger partial charge in [-0.25, -0.2) is 9.78 Å². The molecule has 1 aromatic carbocycles. The average Bonchev–Trinajstić information content (AvgIpc) is 2.95. The molecule has 152 valence electrons. The molecule has 7 heteroatoms. The lowest BCUT2D eigenvalue weighted by Crippen LogP contribution is -2.14. The number of ether oxygens (including phenoxy) is 1. The van der Waals surface area contributed by atoms with Crippen molar-refractivity contribution in [1.82, 2.24) is 4.98 Å². The van der Waals surface area contributed by atoms with E-state index in [9.17, 15) is 9.59 Å². The van der Waals surface area contributed by atoms with Gasteiger partial charge in [-0.15, -0.1) is 23.1 Å². The van der Waals surface area contributed by atoms with Crippen LogP contribution in [-0.2, 0) is 9.53 Å². The number of fused-ring (bicyclic) bond motifs is 1. The highest BCUT2D eigenvalue weighted by atomic mass is 32.2. The fourth-order valence-corrected chi connectivity index (χ4v) is 5.08. The van der Waals surface area contributed by atoms with Gasteiger partial charge >= 0.3 is 5.97 Å². The first kappa shape index (κ1) is 21.3. The third-order valence-corrected chi connectivity index (χ3v) is 6.87. The van der Waals surface area contributed by atoms with Crippen LogP contribution in [0.25, 0.3) is 10.9 Å². The van der Waals surface area contributed by atoms with Gasteiger partial charge in [0.25, 0.3) is 0 Å². The number of benzene rings is 1. The maximum atomic E-state index is 12.4. The van der Waals surface area contributed by atoms with Gasteiger partial charge in [0.15, 0.2) is 0 Å². The van der Waals surface area contributed by atoms with E-state index in [1.165, 1.54) is 24.0 Å². The van der Waals surface area contributed by atoms with Crippen molar-refractivity contribution >= 4 is 50.9 Å². The van der Waals surface area contributed by atoms with Gasteiger partial charge in [-0.2, -0.15) is 0 Å². The van der Waals surface area contributed by atoms with E-state index < -0.39 is 5.97 Å². The Kier molecular flexibility index (Phi) is 6.59. The van der Waals surface area contributed by atoms with Gasteiger partial charge in [-0.05, 0) is 50.5 Å². The Morgan fingerprint density at radius 1 is 1.17 bits per heavy atom. The van der Waals surface area contributed by atoms with Crippen LogP contribution in [-0.4, -0.2) is 29.7 Å². The van der Waals surface area contributed by atoms with Gasteiger partial charge in [0.2, 0.25) is 5.91 Å². The molecule has 0 fully saturated rings. The van der Waals surface area contributed by atoms with E-state index >= 15 is 0 Å². The summed E-state index contributed by atoms with van der Waals surface area (Å²) in [4.78, 5) is 30.2. The SMILES string of the molecule is COC(=O)c1c(NC(=O)CCSc2cc(C)c3cccc(C)c3n2)sc(C)c1C. The number of hydrogen-bond donors (Lipinski definition) is 1. The summed E-state index contributed by atoms with van der Waals surface area (Å²) in [5.41, 5.74) is 4.62. The number of nitrogens with one attached hydrogen (secondary N) is 1. The minimum absolute atomic E-state index is 0.127. The molecule has 0 aliphatic rings. The van der Waals surface area contributed by atoms with Crippen LogP contribution in [0.5, 0.6) is 0 Å². The van der Waals surface area contributed by atoms with E-state index in [0.29, 0.717) is 22.7 Å². The molecule has 0 atom stereocenters. The predicted molar refractivity (Wildman–Crippen MR) is 120 cm³/mol. The molecule has 0 saturated heterocycles. The van der Waals surface area contributed by atoms with E-state index in [1.54, 1.807) is 11.8 Å². The number of pyridine rings is 1. The molecule has 0 spiro atoms. The quantitative estimate of drug-likeness (QED) is 0.418. The van der Waals surface area contributed by atoms with Crippen LogP contribution in [0.1, 0.15) is 38.3 Å². The maximum absolute atomic E-state index is 12.4. The Morgan fingerprint density at radius 2 is 1.93 bits per heavy atom. The number of esters is 1. The Hall–Kier alpha value is -2.38. The van der Waals surface area contributed by atoms with E-state index in [2.05, 4.69) is 37.4 Å². The van der Waals surface area contributed by atoms with Gasteiger partial charge in [0, 0.05) is 22.4 Å². The molecule has 1 N–H and O–H groups in total. The lowest BCUT2D eigenvalue weighted by molar-refractivity contribution is -0.115. The van der Waals surface area contributed by atoms with Gasteiger partial charge in [0.1, 0.15) is 5.00 Å². The minimum Gasteiger partial charge on any atom is -0.465 e. The molecule has 0 bridgehead atoms. The van der Waals surface area contributed by atoms with Crippen LogP contribution < -0.4 is 5.32 Å². The maximum Gasteiger partial charge on any atom is 0.341 e. The summed E-state index contributed by atoms with van der Waals surface area (Å²) in [5.74, 6) is 0.0485. The number of nitrogens with zero attached hydrogens (tertiary/aromatic N) is 1. The highest BCUT2D eigenvalue weighted by Gasteiger charge is 2.21. The Bertz CT molecular complexity index is 1090. The topological polar surface area (TPSA) is 68.3 Å². The molecular weight excluding hydrogens is 404 g/mol. The first-order valence-corrected chi connectivity index (χ1v) is 11.1. The zero-order valence-electron chi connectivity index (χ0n) is 17.2. The molecule has 29 heavy (non-hydrogen) atoms. The molecule has 3 rings (SSSR count). The average molecular weight is 429 g/mol. The van der Waals surface area contributed by atoms with Crippen LogP contribution >= 0.6 is 23.1 Å². The lowest BCUT2D eigenvalue weighted by atomic mass is 10.1. The number of para-hydroxylation sites is 1. The number of methoxy groups -OCH3 is 1. The van der Waals surface area contributed by atoms with E-state index in [1.807, 2.05) is 19.9 Å². The molecule has 3 aromatic rings. The van der Waals surface area contributed by atoms with Crippen LogP contribution in [0.2, 0.25) is 0 Å². The molecule has 5 nitrogen and oxygen atoms in total. The van der Waals surface area contributed by atoms with Crippen molar-refractivity contribution in [3.63, 3.8) is 0 Å². The number of aromatic nitrogens is 1. The number of anilines is 1. The van der Waals surface area contributed by atoms with Gasteiger partial charge in [0.05, 0.1) is 23.2 Å². The predicted octanol–water partition coefficient (Wildman–Crippen LogP) is 5.44. The summed E-state index contributed by atoms with van der Waals surface area (Å²) in [6, 6.07) is 8.24. The number of rotatable bonds is 6. The van der Waals surface area contributed by atoms with Crippen LogP contribution in [0.4, 0.5) is 5.00 Å². The fraction of sp³-hybridized carbons (Fsp3) is 0.318. The van der Waals surface area contributed by atoms with Crippen molar-refractivity contribution in [2.45, 2.75) is 39.1 Å². The lowest BCUT2D eigenvalue weighted by Gasteiger charge is -2.09. The molecule has 2 heterocycles. The van der Waals surface area contributed by atoms with Crippen molar-refractivity contribution < 1.29 is 14.3 Å². The summed E-state index contributed by atoms with van der Waals surface area (Å²) in [6.07, 6.45) is 0.327. The molecule has 0 saturated carbocycles. The zero-order valence-corrected chi connectivity index (χ0v) is 18.8. The number of hydrogen-bond acceptors (Lipinski definition) is 6. The summed E-state index contributed by atoms with van der Waals surface area (Å²) in [5, 5.41) is 5.49. The summed E-state index contributed by atoms with van der Waals surface area (Å²) in [7, 11) is 1.34. The normalized spacial score (nSPS) is 10.9. The molecule has 0 aliphatic carbocycles. The third kappa shape index (κ3) is 4.62. The van der Waals surface area contributed by atoms with Gasteiger partial charge < -0.3 is 10.1 Å². The van der Waals surface area contributed by atoms with Crippen molar-refractivity contribution in [3.8, 4) is 0 Å². The summed E-state index contributed by atoms with van der Waals surface area (Å²) in [6.45, 7) is 7.92. The van der Waals surface area contributed by atoms with Crippen LogP contribution in [0.3, 0.4) is 0 Å². The Labute approximate surface area is 178 Å². The molecule has 2 aromatic heterocycles.